The fourth-order valence-electron chi connectivity index (χ4n) is 2.13. The van der Waals surface area contributed by atoms with E-state index in [-0.39, 0.29) is 6.10 Å². The lowest BCUT2D eigenvalue weighted by molar-refractivity contribution is 0.119. The summed E-state index contributed by atoms with van der Waals surface area (Å²) in [6.45, 7) is 2.00. The monoisotopic (exact) mass is 215 g/mol. The van der Waals surface area contributed by atoms with E-state index >= 15 is 0 Å². The maximum absolute atomic E-state index is 9.18. The van der Waals surface area contributed by atoms with Crippen LogP contribution >= 0.6 is 0 Å². The summed E-state index contributed by atoms with van der Waals surface area (Å²) in [4.78, 5) is 0. The van der Waals surface area contributed by atoms with Crippen LogP contribution in [0.4, 0.5) is 0 Å². The zero-order valence-corrected chi connectivity index (χ0v) is 9.86. The number of methoxy groups -OCH3 is 1. The summed E-state index contributed by atoms with van der Waals surface area (Å²) in [5, 5.41) is 9.18. The highest BCUT2D eigenvalue weighted by Crippen LogP contribution is 2.38. The maximum Gasteiger partial charge on any atom is 0.0994 e. The molecule has 0 radical (unpaired) electrons. The van der Waals surface area contributed by atoms with Crippen molar-refractivity contribution < 1.29 is 4.74 Å². The highest BCUT2D eigenvalue weighted by molar-refractivity contribution is 5.43. The molecule has 0 aliphatic heterocycles. The first-order valence-electron chi connectivity index (χ1n) is 5.83. The third kappa shape index (κ3) is 1.96. The quantitative estimate of drug-likeness (QED) is 0.772. The number of hydrogen-bond acceptors (Lipinski definition) is 2. The molecule has 1 aromatic rings. The molecule has 1 atom stereocenters. The summed E-state index contributed by atoms with van der Waals surface area (Å²) >= 11 is 0. The van der Waals surface area contributed by atoms with Gasteiger partial charge in [0.05, 0.1) is 17.7 Å². The molecule has 0 saturated heterocycles. The van der Waals surface area contributed by atoms with Gasteiger partial charge in [0.2, 0.25) is 0 Å². The molecule has 1 unspecified atom stereocenters. The Hall–Kier alpha value is -1.33. The molecular formula is C14H17NO. The van der Waals surface area contributed by atoms with Gasteiger partial charge in [-0.1, -0.05) is 18.6 Å². The van der Waals surface area contributed by atoms with Crippen LogP contribution in [-0.2, 0) is 4.74 Å². The zero-order chi connectivity index (χ0) is 11.5. The van der Waals surface area contributed by atoms with E-state index in [0.717, 1.165) is 11.1 Å². The minimum absolute atomic E-state index is 0.0579. The zero-order valence-electron chi connectivity index (χ0n) is 9.86. The number of nitriles is 1. The van der Waals surface area contributed by atoms with Crippen molar-refractivity contribution >= 4 is 0 Å². The van der Waals surface area contributed by atoms with Crippen molar-refractivity contribution in [3.8, 4) is 6.07 Å². The number of benzene rings is 1. The smallest absolute Gasteiger partial charge is 0.0994 e. The lowest BCUT2D eigenvalue weighted by atomic mass is 9.78. The Morgan fingerprint density at radius 1 is 1.44 bits per heavy atom. The van der Waals surface area contributed by atoms with Crippen LogP contribution in [0.3, 0.4) is 0 Å². The average molecular weight is 215 g/mol. The van der Waals surface area contributed by atoms with Gasteiger partial charge >= 0.3 is 0 Å². The second-order valence-electron chi connectivity index (χ2n) is 4.46. The predicted octanol–water partition coefficient (Wildman–Crippen LogP) is 3.53. The second-order valence-corrected chi connectivity index (χ2v) is 4.46. The minimum atomic E-state index is 0.0579. The summed E-state index contributed by atoms with van der Waals surface area (Å²) in [7, 11) is 1.69. The molecule has 0 amide bonds. The van der Waals surface area contributed by atoms with Crippen molar-refractivity contribution in [3.63, 3.8) is 0 Å². The molecule has 84 valence electrons. The number of hydrogen-bond donors (Lipinski definition) is 0. The Balaban J connectivity index is 2.31. The van der Waals surface area contributed by atoms with Gasteiger partial charge in [0.25, 0.3) is 0 Å². The van der Waals surface area contributed by atoms with E-state index in [4.69, 9.17) is 4.74 Å². The van der Waals surface area contributed by atoms with Crippen LogP contribution in [0.1, 0.15) is 54.9 Å². The van der Waals surface area contributed by atoms with Crippen molar-refractivity contribution in [1.29, 1.82) is 5.26 Å². The lowest BCUT2D eigenvalue weighted by Crippen LogP contribution is -2.11. The Labute approximate surface area is 96.9 Å². The molecule has 2 nitrogen and oxygen atoms in total. The Bertz CT molecular complexity index is 415. The molecule has 2 heteroatoms. The number of nitrogens with zero attached hydrogens (tertiary/aromatic N) is 1. The maximum atomic E-state index is 9.18. The van der Waals surface area contributed by atoms with Gasteiger partial charge in [-0.25, -0.2) is 0 Å². The Kier molecular flexibility index (Phi) is 3.26. The van der Waals surface area contributed by atoms with E-state index in [9.17, 15) is 5.26 Å². The van der Waals surface area contributed by atoms with Crippen molar-refractivity contribution in [2.75, 3.05) is 7.11 Å². The summed E-state index contributed by atoms with van der Waals surface area (Å²) in [6, 6.07) is 8.47. The van der Waals surface area contributed by atoms with Crippen LogP contribution in [0.5, 0.6) is 0 Å². The standard InChI is InChI=1S/C14H17NO/c1-10(16-2)12-6-7-14(11-4-3-5-11)13(8-12)9-15/h6-8,10-11H,3-5H2,1-2H3. The summed E-state index contributed by atoms with van der Waals surface area (Å²) in [5.41, 5.74) is 3.13. The molecule has 2 rings (SSSR count). The number of ether oxygens (including phenoxy) is 1. The predicted molar refractivity (Wildman–Crippen MR) is 63.2 cm³/mol. The van der Waals surface area contributed by atoms with E-state index in [1.165, 1.54) is 24.8 Å². The highest BCUT2D eigenvalue weighted by atomic mass is 16.5. The van der Waals surface area contributed by atoms with E-state index in [1.807, 2.05) is 13.0 Å². The molecule has 1 saturated carbocycles. The second kappa shape index (κ2) is 4.67. The molecule has 0 spiro atoms. The van der Waals surface area contributed by atoms with Gasteiger partial charge in [0.1, 0.15) is 0 Å². The van der Waals surface area contributed by atoms with E-state index in [2.05, 4.69) is 18.2 Å². The first kappa shape index (κ1) is 11.2. The Morgan fingerprint density at radius 3 is 2.69 bits per heavy atom. The summed E-state index contributed by atoms with van der Waals surface area (Å²) in [5.74, 6) is 0.613. The van der Waals surface area contributed by atoms with Gasteiger partial charge in [-0.05, 0) is 42.9 Å². The normalized spacial score (nSPS) is 17.6. The van der Waals surface area contributed by atoms with Gasteiger partial charge in [0, 0.05) is 7.11 Å². The van der Waals surface area contributed by atoms with E-state index in [0.29, 0.717) is 5.92 Å². The van der Waals surface area contributed by atoms with E-state index < -0.39 is 0 Å². The van der Waals surface area contributed by atoms with Crippen LogP contribution in [-0.4, -0.2) is 7.11 Å². The topological polar surface area (TPSA) is 33.0 Å². The van der Waals surface area contributed by atoms with Crippen molar-refractivity contribution in [2.24, 2.45) is 0 Å². The Morgan fingerprint density at radius 2 is 2.19 bits per heavy atom. The molecule has 1 fully saturated rings. The third-order valence-corrected chi connectivity index (χ3v) is 3.57. The fourth-order valence-corrected chi connectivity index (χ4v) is 2.13. The minimum Gasteiger partial charge on any atom is -0.377 e. The molecular weight excluding hydrogens is 198 g/mol. The molecule has 1 aliphatic carbocycles. The van der Waals surface area contributed by atoms with Crippen LogP contribution in [0.25, 0.3) is 0 Å². The molecule has 0 heterocycles. The number of rotatable bonds is 3. The molecule has 0 bridgehead atoms. The molecule has 1 aliphatic rings. The van der Waals surface area contributed by atoms with E-state index in [1.54, 1.807) is 7.11 Å². The van der Waals surface area contributed by atoms with Crippen molar-refractivity contribution in [3.05, 3.63) is 34.9 Å². The van der Waals surface area contributed by atoms with Crippen LogP contribution in [0, 0.1) is 11.3 Å². The molecule has 1 aromatic carbocycles. The van der Waals surface area contributed by atoms with Crippen LogP contribution in [0.15, 0.2) is 18.2 Å². The van der Waals surface area contributed by atoms with Crippen LogP contribution < -0.4 is 0 Å². The molecule has 0 aromatic heterocycles. The van der Waals surface area contributed by atoms with Crippen molar-refractivity contribution in [1.82, 2.24) is 0 Å². The fraction of sp³-hybridized carbons (Fsp3) is 0.500. The highest BCUT2D eigenvalue weighted by Gasteiger charge is 2.22. The first-order chi connectivity index (χ1) is 7.76. The molecule has 16 heavy (non-hydrogen) atoms. The largest absolute Gasteiger partial charge is 0.377 e. The average Bonchev–Trinajstić information content (AvgIpc) is 2.26. The van der Waals surface area contributed by atoms with Gasteiger partial charge in [-0.3, -0.25) is 0 Å². The van der Waals surface area contributed by atoms with Crippen LogP contribution in [0.2, 0.25) is 0 Å². The summed E-state index contributed by atoms with van der Waals surface area (Å²) in [6.07, 6.45) is 3.82. The molecule has 0 N–H and O–H groups in total. The van der Waals surface area contributed by atoms with Gasteiger partial charge in [-0.2, -0.15) is 5.26 Å². The SMILES string of the molecule is COC(C)c1ccc(C2CCC2)c(C#N)c1. The summed E-state index contributed by atoms with van der Waals surface area (Å²) < 4.78 is 5.27. The lowest BCUT2D eigenvalue weighted by Gasteiger charge is -2.27. The van der Waals surface area contributed by atoms with Gasteiger partial charge in [0.15, 0.2) is 0 Å². The van der Waals surface area contributed by atoms with Gasteiger partial charge < -0.3 is 4.74 Å². The first-order valence-corrected chi connectivity index (χ1v) is 5.83. The third-order valence-electron chi connectivity index (χ3n) is 3.57. The van der Waals surface area contributed by atoms with Gasteiger partial charge in [-0.15, -0.1) is 0 Å². The van der Waals surface area contributed by atoms with Crippen molar-refractivity contribution in [2.45, 2.75) is 38.2 Å².